The van der Waals surface area contributed by atoms with Gasteiger partial charge in [0.05, 0.1) is 19.6 Å². The molecule has 2 heterocycles. The largest absolute Gasteiger partial charge is 0.508 e. The maximum absolute atomic E-state index is 13.1. The minimum Gasteiger partial charge on any atom is -0.503 e. The highest BCUT2D eigenvalue weighted by Crippen LogP contribution is 2.31. The van der Waals surface area contributed by atoms with Crippen LogP contribution in [0.3, 0.4) is 0 Å². The molecule has 1 aliphatic rings. The number of carbonyl (C=O) groups excluding carboxylic acids is 3. The van der Waals surface area contributed by atoms with Gasteiger partial charge in [-0.2, -0.15) is 0 Å². The number of ketones is 1. The number of hydrogen-bond acceptors (Lipinski definition) is 10. The van der Waals surface area contributed by atoms with Crippen LogP contribution in [0.25, 0.3) is 0 Å². The number of rotatable bonds is 10. The van der Waals surface area contributed by atoms with E-state index in [-0.39, 0.29) is 36.1 Å². The highest BCUT2D eigenvalue weighted by atomic mass is 16.7. The Kier molecular flexibility index (Phi) is 11.9. The molecule has 0 unspecified atom stereocenters. The Morgan fingerprint density at radius 2 is 1.97 bits per heavy atom. The summed E-state index contributed by atoms with van der Waals surface area (Å²) in [4.78, 5) is 42.1. The van der Waals surface area contributed by atoms with Crippen LogP contribution in [0.15, 0.2) is 12.3 Å². The predicted molar refractivity (Wildman–Crippen MR) is 130 cm³/mol. The zero-order chi connectivity index (χ0) is 26.7. The molecule has 36 heavy (non-hydrogen) atoms. The fourth-order valence-corrected chi connectivity index (χ4v) is 3.99. The van der Waals surface area contributed by atoms with Gasteiger partial charge in [0.15, 0.2) is 23.0 Å². The molecule has 1 aliphatic heterocycles. The van der Waals surface area contributed by atoms with Gasteiger partial charge in [0, 0.05) is 25.3 Å². The Balaban J connectivity index is 2.17. The van der Waals surface area contributed by atoms with E-state index < -0.39 is 42.1 Å². The smallest absolute Gasteiger partial charge is 0.503 e. The Morgan fingerprint density at radius 1 is 1.25 bits per heavy atom. The number of carbonyl (C=O) groups is 3. The summed E-state index contributed by atoms with van der Waals surface area (Å²) in [5, 5.41) is 10.3. The minimum absolute atomic E-state index is 0.129. The van der Waals surface area contributed by atoms with Gasteiger partial charge in [0.2, 0.25) is 0 Å². The first-order valence-electron chi connectivity index (χ1n) is 12.6. The van der Waals surface area contributed by atoms with Crippen LogP contribution in [-0.4, -0.2) is 66.6 Å². The monoisotopic (exact) mass is 509 g/mol. The number of ether oxygens (including phenoxy) is 5. The second kappa shape index (κ2) is 14.6. The lowest BCUT2D eigenvalue weighted by atomic mass is 9.92. The first kappa shape index (κ1) is 29.4. The topological polar surface area (TPSA) is 130 Å². The summed E-state index contributed by atoms with van der Waals surface area (Å²) >= 11 is 0. The lowest BCUT2D eigenvalue weighted by molar-refractivity contribution is -0.171. The van der Waals surface area contributed by atoms with Crippen molar-refractivity contribution in [2.24, 2.45) is 11.8 Å². The Morgan fingerprint density at radius 3 is 2.64 bits per heavy atom. The fourth-order valence-electron chi connectivity index (χ4n) is 3.99. The third kappa shape index (κ3) is 8.65. The van der Waals surface area contributed by atoms with E-state index >= 15 is 0 Å². The summed E-state index contributed by atoms with van der Waals surface area (Å²) in [5.74, 6) is -1.77. The molecule has 0 aromatic carbocycles. The van der Waals surface area contributed by atoms with E-state index in [1.165, 1.54) is 19.4 Å². The standard InChI is InChI=1S/C26H39NO9/c1-6-13-33-26(31)36-21-10-8-7-9-18(25(30)35-17(4)24(21)34-15-16(2)3)14-19(28)22-23(29)20(32-5)11-12-27-22/h11-12,16-18,21,24,29H,6-10,13-15H2,1-5H3/t17-,18+,21-,24-/m0/s1. The second-order valence-corrected chi connectivity index (χ2v) is 9.41. The van der Waals surface area contributed by atoms with Gasteiger partial charge in [0.25, 0.3) is 0 Å². The number of esters is 1. The van der Waals surface area contributed by atoms with E-state index in [4.69, 9.17) is 23.7 Å². The molecule has 1 aromatic rings. The number of nitrogens with zero attached hydrogens (tertiary/aromatic N) is 1. The maximum atomic E-state index is 13.1. The molecule has 10 heteroatoms. The number of Topliss-reactive ketones (excluding diaryl/α,β-unsaturated/α-hetero) is 1. The van der Waals surface area contributed by atoms with Crippen molar-refractivity contribution in [3.63, 3.8) is 0 Å². The van der Waals surface area contributed by atoms with Crippen LogP contribution in [0, 0.1) is 11.8 Å². The molecule has 0 saturated carbocycles. The van der Waals surface area contributed by atoms with Gasteiger partial charge in [-0.25, -0.2) is 9.78 Å². The average molecular weight is 510 g/mol. The molecule has 1 fully saturated rings. The average Bonchev–Trinajstić information content (AvgIpc) is 2.83. The molecule has 202 valence electrons. The quantitative estimate of drug-likeness (QED) is 0.356. The minimum atomic E-state index is -0.773. The number of cyclic esters (lactones) is 1. The van der Waals surface area contributed by atoms with Crippen molar-refractivity contribution in [3.05, 3.63) is 18.0 Å². The molecular formula is C26H39NO9. The highest BCUT2D eigenvalue weighted by Gasteiger charge is 2.37. The lowest BCUT2D eigenvalue weighted by Crippen LogP contribution is -2.45. The lowest BCUT2D eigenvalue weighted by Gasteiger charge is -2.33. The van der Waals surface area contributed by atoms with Gasteiger partial charge in [-0.05, 0) is 38.5 Å². The van der Waals surface area contributed by atoms with E-state index in [0.717, 1.165) is 0 Å². The van der Waals surface area contributed by atoms with Crippen LogP contribution in [-0.2, 0) is 23.7 Å². The third-order valence-electron chi connectivity index (χ3n) is 5.85. The first-order chi connectivity index (χ1) is 17.2. The molecule has 2 rings (SSSR count). The summed E-state index contributed by atoms with van der Waals surface area (Å²) in [6, 6.07) is 1.44. The molecule has 0 amide bonds. The molecule has 0 bridgehead atoms. The van der Waals surface area contributed by atoms with E-state index in [9.17, 15) is 19.5 Å². The third-order valence-corrected chi connectivity index (χ3v) is 5.85. The van der Waals surface area contributed by atoms with Crippen molar-refractivity contribution in [3.8, 4) is 11.5 Å². The van der Waals surface area contributed by atoms with Gasteiger partial charge in [-0.3, -0.25) is 9.59 Å². The van der Waals surface area contributed by atoms with Gasteiger partial charge in [0.1, 0.15) is 18.3 Å². The van der Waals surface area contributed by atoms with E-state index in [2.05, 4.69) is 4.98 Å². The number of methoxy groups -OCH3 is 1. The van der Waals surface area contributed by atoms with Crippen molar-refractivity contribution in [2.75, 3.05) is 20.3 Å². The van der Waals surface area contributed by atoms with E-state index in [0.29, 0.717) is 38.7 Å². The second-order valence-electron chi connectivity index (χ2n) is 9.41. The van der Waals surface area contributed by atoms with Crippen LogP contribution in [0.1, 0.15) is 76.7 Å². The molecule has 1 N–H and O–H groups in total. The number of aromatic nitrogens is 1. The predicted octanol–water partition coefficient (Wildman–Crippen LogP) is 4.46. The van der Waals surface area contributed by atoms with Gasteiger partial charge >= 0.3 is 12.1 Å². The Bertz CT molecular complexity index is 873. The molecule has 1 aromatic heterocycles. The SMILES string of the molecule is CCCOC(=O)O[C@H]1CCCC[C@H](CC(=O)c2nccc(OC)c2O)C(=O)O[C@@H](C)[C@@H]1OCC(C)C. The number of pyridine rings is 1. The summed E-state index contributed by atoms with van der Waals surface area (Å²) in [6.07, 6.45) is 1.14. The molecule has 4 atom stereocenters. The first-order valence-corrected chi connectivity index (χ1v) is 12.6. The summed E-state index contributed by atoms with van der Waals surface area (Å²) in [6.45, 7) is 8.20. The zero-order valence-electron chi connectivity index (χ0n) is 21.9. The highest BCUT2D eigenvalue weighted by molar-refractivity contribution is 5.99. The van der Waals surface area contributed by atoms with Crippen LogP contribution < -0.4 is 4.74 Å². The maximum Gasteiger partial charge on any atom is 0.508 e. The summed E-state index contributed by atoms with van der Waals surface area (Å²) in [5.41, 5.74) is -0.149. The molecule has 0 radical (unpaired) electrons. The Hall–Kier alpha value is -2.88. The normalized spacial score (nSPS) is 23.0. The zero-order valence-corrected chi connectivity index (χ0v) is 21.9. The number of aromatic hydroxyl groups is 1. The number of hydrogen-bond donors (Lipinski definition) is 1. The van der Waals surface area contributed by atoms with Crippen LogP contribution >= 0.6 is 0 Å². The van der Waals surface area contributed by atoms with Crippen molar-refractivity contribution >= 4 is 17.9 Å². The van der Waals surface area contributed by atoms with Crippen molar-refractivity contribution in [1.29, 1.82) is 0 Å². The fraction of sp³-hybridized carbons (Fsp3) is 0.692. The molecule has 0 aliphatic carbocycles. The van der Waals surface area contributed by atoms with Crippen LogP contribution in [0.4, 0.5) is 4.79 Å². The summed E-state index contributed by atoms with van der Waals surface area (Å²) in [7, 11) is 1.38. The van der Waals surface area contributed by atoms with E-state index in [1.54, 1.807) is 6.92 Å². The molecule has 1 saturated heterocycles. The van der Waals surface area contributed by atoms with Crippen LogP contribution in [0.2, 0.25) is 0 Å². The summed E-state index contributed by atoms with van der Waals surface area (Å²) < 4.78 is 27.5. The van der Waals surface area contributed by atoms with Gasteiger partial charge in [-0.1, -0.05) is 27.2 Å². The van der Waals surface area contributed by atoms with Crippen molar-refractivity contribution in [2.45, 2.75) is 84.5 Å². The molecule has 10 nitrogen and oxygen atoms in total. The van der Waals surface area contributed by atoms with E-state index in [1.807, 2.05) is 20.8 Å². The molecule has 0 spiro atoms. The van der Waals surface area contributed by atoms with Crippen molar-refractivity contribution in [1.82, 2.24) is 4.98 Å². The van der Waals surface area contributed by atoms with Gasteiger partial charge in [-0.15, -0.1) is 0 Å². The van der Waals surface area contributed by atoms with Crippen molar-refractivity contribution < 1.29 is 43.2 Å². The Labute approximate surface area is 212 Å². The molecular weight excluding hydrogens is 470 g/mol. The van der Waals surface area contributed by atoms with Crippen LogP contribution in [0.5, 0.6) is 11.5 Å². The van der Waals surface area contributed by atoms with Gasteiger partial charge < -0.3 is 28.8 Å².